The number of ketones is 1. The molecule has 3 amide bonds. The first-order valence-electron chi connectivity index (χ1n) is 12.6. The fourth-order valence-electron chi connectivity index (χ4n) is 3.48. The fourth-order valence-corrected chi connectivity index (χ4v) is 3.48. The Morgan fingerprint density at radius 2 is 1.72 bits per heavy atom. The molecule has 9 nitrogen and oxygen atoms in total. The monoisotopic (exact) mass is 508 g/mol. The van der Waals surface area contributed by atoms with Crippen molar-refractivity contribution in [2.75, 3.05) is 19.8 Å². The largest absolute Gasteiger partial charge is 0.445 e. The fraction of sp³-hybridized carbons (Fsp3) is 0.615. The van der Waals surface area contributed by atoms with E-state index < -0.39 is 36.5 Å². The van der Waals surface area contributed by atoms with Crippen molar-refractivity contribution in [3.8, 4) is 0 Å². The summed E-state index contributed by atoms with van der Waals surface area (Å²) in [7, 11) is 0. The number of carbonyl (C=O) groups excluding carboxylic acids is 4. The van der Waals surface area contributed by atoms with Crippen molar-refractivity contribution in [1.29, 1.82) is 0 Å². The first-order valence-corrected chi connectivity index (χ1v) is 12.6. The lowest BCUT2D eigenvalue weighted by Crippen LogP contribution is -2.54. The van der Waals surface area contributed by atoms with Crippen LogP contribution in [0.3, 0.4) is 0 Å². The molecule has 0 bridgehead atoms. The van der Waals surface area contributed by atoms with Gasteiger partial charge in [-0.1, -0.05) is 63.4 Å². The number of alkyl halides is 1. The molecule has 10 heteroatoms. The molecule has 5 N–H and O–H groups in total. The number of carbonyl (C=O) groups is 4. The molecule has 0 aliphatic carbocycles. The summed E-state index contributed by atoms with van der Waals surface area (Å²) in [6.07, 6.45) is 3.41. The third kappa shape index (κ3) is 12.6. The Kier molecular flexibility index (Phi) is 15.8. The second-order valence-corrected chi connectivity index (χ2v) is 8.82. The second kappa shape index (κ2) is 18.3. The summed E-state index contributed by atoms with van der Waals surface area (Å²) < 4.78 is 18.4. The number of nitrogens with two attached hydrogens (primary N) is 1. The van der Waals surface area contributed by atoms with E-state index in [9.17, 15) is 23.6 Å². The number of hydrogen-bond acceptors (Lipinski definition) is 6. The minimum Gasteiger partial charge on any atom is -0.445 e. The molecule has 0 aliphatic rings. The van der Waals surface area contributed by atoms with Gasteiger partial charge in [-0.25, -0.2) is 9.18 Å². The summed E-state index contributed by atoms with van der Waals surface area (Å²) in [6, 6.07) is 6.92. The maximum absolute atomic E-state index is 13.2. The maximum Gasteiger partial charge on any atom is 0.408 e. The summed E-state index contributed by atoms with van der Waals surface area (Å²) in [5, 5.41) is 7.83. The maximum atomic E-state index is 13.2. The van der Waals surface area contributed by atoms with Crippen LogP contribution in [0.2, 0.25) is 0 Å². The van der Waals surface area contributed by atoms with Crippen molar-refractivity contribution in [2.24, 2.45) is 11.7 Å². The van der Waals surface area contributed by atoms with Gasteiger partial charge in [0, 0.05) is 13.0 Å². The standard InChI is InChI=1S/C26H41FN4O5/c1-3-19(2)24(31-26(35)36-18-20-11-7-6-8-12-20)25(34)30-21(22(32)17-27)13-14-23(33)29-16-10-5-4-9-15-28/h6-8,11-12,19,21,24H,3-5,9-10,13-18,28H2,1-2H3,(H,29,33)(H,30,34)(H,31,35)/t19-,21?,24-/m0/s1. The number of hydrogen-bond donors (Lipinski definition) is 4. The number of nitrogens with one attached hydrogen (secondary N) is 3. The molecule has 1 unspecified atom stereocenters. The third-order valence-electron chi connectivity index (χ3n) is 5.93. The van der Waals surface area contributed by atoms with Gasteiger partial charge in [0.25, 0.3) is 0 Å². The first-order chi connectivity index (χ1) is 17.3. The van der Waals surface area contributed by atoms with Crippen LogP contribution in [0.5, 0.6) is 0 Å². The second-order valence-electron chi connectivity index (χ2n) is 8.82. The van der Waals surface area contributed by atoms with Gasteiger partial charge in [-0.05, 0) is 37.3 Å². The van der Waals surface area contributed by atoms with E-state index in [0.29, 0.717) is 19.5 Å². The van der Waals surface area contributed by atoms with Gasteiger partial charge in [0.2, 0.25) is 11.8 Å². The Morgan fingerprint density at radius 1 is 1.03 bits per heavy atom. The van der Waals surface area contributed by atoms with Gasteiger partial charge in [0.1, 0.15) is 19.3 Å². The number of alkyl carbamates (subject to hydrolysis) is 1. The molecule has 1 aromatic rings. The lowest BCUT2D eigenvalue weighted by molar-refractivity contribution is -0.130. The summed E-state index contributed by atoms with van der Waals surface area (Å²) >= 11 is 0. The topological polar surface area (TPSA) is 140 Å². The minimum atomic E-state index is -1.27. The summed E-state index contributed by atoms with van der Waals surface area (Å²) in [6.45, 7) is 3.54. The molecular formula is C26H41FN4O5. The number of Topliss-reactive ketones (excluding diaryl/α,β-unsaturated/α-hetero) is 1. The zero-order valence-corrected chi connectivity index (χ0v) is 21.4. The highest BCUT2D eigenvalue weighted by Crippen LogP contribution is 2.11. The van der Waals surface area contributed by atoms with Crippen LogP contribution in [0.25, 0.3) is 0 Å². The highest BCUT2D eigenvalue weighted by atomic mass is 19.1. The molecule has 0 radical (unpaired) electrons. The van der Waals surface area contributed by atoms with Crippen molar-refractivity contribution >= 4 is 23.7 Å². The first kappa shape index (κ1) is 31.0. The predicted molar refractivity (Wildman–Crippen MR) is 136 cm³/mol. The molecule has 0 heterocycles. The molecule has 0 aliphatic heterocycles. The zero-order valence-electron chi connectivity index (χ0n) is 21.4. The molecule has 3 atom stereocenters. The third-order valence-corrected chi connectivity index (χ3v) is 5.93. The van der Waals surface area contributed by atoms with Gasteiger partial charge in [-0.3, -0.25) is 14.4 Å². The van der Waals surface area contributed by atoms with Crippen LogP contribution in [0, 0.1) is 5.92 Å². The van der Waals surface area contributed by atoms with Crippen LogP contribution in [-0.4, -0.2) is 55.5 Å². The zero-order chi connectivity index (χ0) is 26.8. The summed E-state index contributed by atoms with van der Waals surface area (Å²) in [5.74, 6) is -2.01. The Morgan fingerprint density at radius 3 is 2.36 bits per heavy atom. The van der Waals surface area contributed by atoms with E-state index in [1.165, 1.54) is 0 Å². The number of benzene rings is 1. The molecule has 36 heavy (non-hydrogen) atoms. The molecular weight excluding hydrogens is 467 g/mol. The predicted octanol–water partition coefficient (Wildman–Crippen LogP) is 2.77. The average Bonchev–Trinajstić information content (AvgIpc) is 2.89. The Labute approximate surface area is 213 Å². The van der Waals surface area contributed by atoms with Crippen LogP contribution >= 0.6 is 0 Å². The van der Waals surface area contributed by atoms with E-state index in [4.69, 9.17) is 10.5 Å². The highest BCUT2D eigenvalue weighted by Gasteiger charge is 2.30. The smallest absolute Gasteiger partial charge is 0.408 e. The van der Waals surface area contributed by atoms with Gasteiger partial charge < -0.3 is 26.4 Å². The lowest BCUT2D eigenvalue weighted by Gasteiger charge is -2.25. The molecule has 0 fully saturated rings. The molecule has 1 rings (SSSR count). The normalized spacial score (nSPS) is 13.2. The van der Waals surface area contributed by atoms with E-state index in [0.717, 1.165) is 31.2 Å². The lowest BCUT2D eigenvalue weighted by atomic mass is 9.97. The summed E-state index contributed by atoms with van der Waals surface area (Å²) in [5.41, 5.74) is 6.24. The van der Waals surface area contributed by atoms with Crippen LogP contribution < -0.4 is 21.7 Å². The molecule has 0 aromatic heterocycles. The average molecular weight is 509 g/mol. The van der Waals surface area contributed by atoms with E-state index in [2.05, 4.69) is 16.0 Å². The van der Waals surface area contributed by atoms with E-state index in [-0.39, 0.29) is 31.3 Å². The summed E-state index contributed by atoms with van der Waals surface area (Å²) in [4.78, 5) is 49.5. The van der Waals surface area contributed by atoms with Crippen LogP contribution in [0.15, 0.2) is 30.3 Å². The van der Waals surface area contributed by atoms with Gasteiger partial charge in [-0.2, -0.15) is 0 Å². The number of amides is 3. The number of unbranched alkanes of at least 4 members (excludes halogenated alkanes) is 3. The van der Waals surface area contributed by atoms with Crippen LogP contribution in [0.1, 0.15) is 64.4 Å². The number of ether oxygens (including phenoxy) is 1. The van der Waals surface area contributed by atoms with Crippen molar-refractivity contribution in [2.45, 2.75) is 77.5 Å². The van der Waals surface area contributed by atoms with Gasteiger partial charge in [0.15, 0.2) is 5.78 Å². The molecule has 202 valence electrons. The number of rotatable bonds is 18. The Hall–Kier alpha value is -3.01. The molecule has 0 spiro atoms. The van der Waals surface area contributed by atoms with Gasteiger partial charge >= 0.3 is 6.09 Å². The molecule has 0 saturated heterocycles. The van der Waals surface area contributed by atoms with E-state index in [1.807, 2.05) is 25.1 Å². The molecule has 0 saturated carbocycles. The van der Waals surface area contributed by atoms with E-state index in [1.54, 1.807) is 19.1 Å². The highest BCUT2D eigenvalue weighted by molar-refractivity contribution is 5.93. The Balaban J connectivity index is 2.62. The van der Waals surface area contributed by atoms with Crippen molar-refractivity contribution in [3.05, 3.63) is 35.9 Å². The number of halogens is 1. The minimum absolute atomic E-state index is 0.0343. The van der Waals surface area contributed by atoms with Gasteiger partial charge in [0.05, 0.1) is 6.04 Å². The van der Waals surface area contributed by atoms with E-state index >= 15 is 0 Å². The molecule has 1 aromatic carbocycles. The SMILES string of the molecule is CC[C@H](C)[C@H](NC(=O)OCc1ccccc1)C(=O)NC(CCC(=O)NCCCCCCN)C(=O)CF. The quantitative estimate of drug-likeness (QED) is 0.225. The van der Waals surface area contributed by atoms with Crippen molar-refractivity contribution < 1.29 is 28.3 Å². The van der Waals surface area contributed by atoms with Crippen LogP contribution in [0.4, 0.5) is 9.18 Å². The van der Waals surface area contributed by atoms with Gasteiger partial charge in [-0.15, -0.1) is 0 Å². The Bertz CT molecular complexity index is 809. The van der Waals surface area contributed by atoms with Crippen molar-refractivity contribution in [1.82, 2.24) is 16.0 Å². The van der Waals surface area contributed by atoms with Crippen molar-refractivity contribution in [3.63, 3.8) is 0 Å². The van der Waals surface area contributed by atoms with Crippen LogP contribution in [-0.2, 0) is 25.7 Å².